The van der Waals surface area contributed by atoms with Crippen LogP contribution in [-0.2, 0) is 14.8 Å². The number of nitrogens with one attached hydrogen (secondary N) is 1. The molecule has 1 aliphatic heterocycles. The van der Waals surface area contributed by atoms with Crippen molar-refractivity contribution >= 4 is 22.0 Å². The highest BCUT2D eigenvalue weighted by Crippen LogP contribution is 2.19. The number of esters is 1. The fourth-order valence-electron chi connectivity index (χ4n) is 3.25. The van der Waals surface area contributed by atoms with Crippen molar-refractivity contribution < 1.29 is 31.9 Å². The maximum absolute atomic E-state index is 13.1. The highest BCUT2D eigenvalue weighted by molar-refractivity contribution is 7.89. The van der Waals surface area contributed by atoms with Gasteiger partial charge in [-0.05, 0) is 43.3 Å². The average molecular weight is 480 g/mol. The van der Waals surface area contributed by atoms with Crippen molar-refractivity contribution in [3.05, 3.63) is 59.9 Å². The van der Waals surface area contributed by atoms with E-state index in [1.807, 2.05) is 0 Å². The number of benzene rings is 2. The van der Waals surface area contributed by atoms with Crippen molar-refractivity contribution in [1.29, 1.82) is 0 Å². The summed E-state index contributed by atoms with van der Waals surface area (Å²) in [5.74, 6) is -0.542. The van der Waals surface area contributed by atoms with E-state index in [1.165, 1.54) is 51.7 Å². The minimum atomic E-state index is -3.75. The molecule has 1 saturated heterocycles. The van der Waals surface area contributed by atoms with Gasteiger partial charge in [-0.2, -0.15) is 4.31 Å². The Morgan fingerprint density at radius 3 is 2.39 bits per heavy atom. The Morgan fingerprint density at radius 1 is 1.06 bits per heavy atom. The zero-order valence-corrected chi connectivity index (χ0v) is 19.0. The number of carbonyl (C=O) groups excluding carboxylic acids is 2. The van der Waals surface area contributed by atoms with Gasteiger partial charge in [0.15, 0.2) is 0 Å². The van der Waals surface area contributed by atoms with Gasteiger partial charge in [0.25, 0.3) is 0 Å². The third-order valence-corrected chi connectivity index (χ3v) is 6.89. The molecule has 1 aliphatic rings. The van der Waals surface area contributed by atoms with Crippen LogP contribution in [0.3, 0.4) is 0 Å². The Labute approximate surface area is 192 Å². The molecule has 3 rings (SSSR count). The maximum atomic E-state index is 13.1. The number of ether oxygens (including phenoxy) is 2. The van der Waals surface area contributed by atoms with E-state index in [9.17, 15) is 22.4 Å². The van der Waals surface area contributed by atoms with Crippen LogP contribution in [0.2, 0.25) is 0 Å². The molecule has 1 heterocycles. The molecule has 1 fully saturated rings. The number of hydrogen-bond donors (Lipinski definition) is 1. The van der Waals surface area contributed by atoms with Crippen LogP contribution >= 0.6 is 0 Å². The summed E-state index contributed by atoms with van der Waals surface area (Å²) in [5.41, 5.74) is 0.277. The summed E-state index contributed by atoms with van der Waals surface area (Å²) in [5, 5.41) is 2.71. The highest BCUT2D eigenvalue weighted by Gasteiger charge is 2.30. The molecule has 0 aliphatic carbocycles. The van der Waals surface area contributed by atoms with Crippen LogP contribution in [0.25, 0.3) is 0 Å². The van der Waals surface area contributed by atoms with E-state index in [0.717, 1.165) is 0 Å². The lowest BCUT2D eigenvalue weighted by Gasteiger charge is -2.34. The van der Waals surface area contributed by atoms with Crippen molar-refractivity contribution in [3.63, 3.8) is 0 Å². The number of piperazine rings is 1. The van der Waals surface area contributed by atoms with Crippen molar-refractivity contribution in [3.8, 4) is 5.75 Å². The molecule has 0 radical (unpaired) electrons. The monoisotopic (exact) mass is 479 g/mol. The van der Waals surface area contributed by atoms with Gasteiger partial charge in [-0.15, -0.1) is 0 Å². The standard InChI is InChI=1S/C22H26FN3O6S/c1-2-31-21(27)17-6-8-20(9-7-17)33(29,30)26-13-11-25(12-14-26)22(28)24-10-15-32-19-5-3-4-18(23)16-19/h3-9,16H,2,10-15H2,1H3,(H,24,28). The van der Waals surface area contributed by atoms with Crippen molar-refractivity contribution in [1.82, 2.24) is 14.5 Å². The lowest BCUT2D eigenvalue weighted by molar-refractivity contribution is 0.0526. The Kier molecular flexibility index (Phi) is 8.23. The highest BCUT2D eigenvalue weighted by atomic mass is 32.2. The third-order valence-electron chi connectivity index (χ3n) is 4.97. The number of carbonyl (C=O) groups is 2. The second-order valence-electron chi connectivity index (χ2n) is 7.17. The molecule has 1 N–H and O–H groups in total. The van der Waals surface area contributed by atoms with Crippen molar-refractivity contribution in [2.24, 2.45) is 0 Å². The molecule has 33 heavy (non-hydrogen) atoms. The SMILES string of the molecule is CCOC(=O)c1ccc(S(=O)(=O)N2CCN(C(=O)NCCOc3cccc(F)c3)CC2)cc1. The first kappa shape index (κ1) is 24.5. The number of hydrogen-bond acceptors (Lipinski definition) is 6. The second kappa shape index (κ2) is 11.1. The molecule has 0 saturated carbocycles. The van der Waals surface area contributed by atoms with Crippen molar-refractivity contribution in [2.45, 2.75) is 11.8 Å². The topological polar surface area (TPSA) is 105 Å². The Bertz CT molecular complexity index is 1070. The number of halogens is 1. The molecule has 178 valence electrons. The molecule has 0 aromatic heterocycles. The van der Waals surface area contributed by atoms with E-state index < -0.39 is 21.8 Å². The summed E-state index contributed by atoms with van der Waals surface area (Å²) < 4.78 is 50.5. The van der Waals surface area contributed by atoms with Gasteiger partial charge < -0.3 is 19.7 Å². The van der Waals surface area contributed by atoms with E-state index in [2.05, 4.69) is 5.32 Å². The summed E-state index contributed by atoms with van der Waals surface area (Å²) in [6, 6.07) is 11.0. The molecule has 0 bridgehead atoms. The minimum Gasteiger partial charge on any atom is -0.492 e. The molecule has 2 aromatic rings. The number of sulfonamides is 1. The molecule has 0 atom stereocenters. The van der Waals surface area contributed by atoms with Crippen molar-refractivity contribution in [2.75, 3.05) is 45.9 Å². The first-order chi connectivity index (χ1) is 15.8. The molecule has 2 aromatic carbocycles. The minimum absolute atomic E-state index is 0.0722. The number of urea groups is 1. The second-order valence-corrected chi connectivity index (χ2v) is 9.11. The fraction of sp³-hybridized carbons (Fsp3) is 0.364. The van der Waals surface area contributed by atoms with Gasteiger partial charge in [-0.1, -0.05) is 6.07 Å². The lowest BCUT2D eigenvalue weighted by atomic mass is 10.2. The summed E-state index contributed by atoms with van der Waals surface area (Å²) in [6.45, 7) is 3.08. The smallest absolute Gasteiger partial charge is 0.338 e. The van der Waals surface area contributed by atoms with Gasteiger partial charge in [-0.3, -0.25) is 0 Å². The number of nitrogens with zero attached hydrogens (tertiary/aromatic N) is 2. The third kappa shape index (κ3) is 6.42. The molecular weight excluding hydrogens is 453 g/mol. The molecule has 11 heteroatoms. The number of amides is 2. The summed E-state index contributed by atoms with van der Waals surface area (Å²) >= 11 is 0. The van der Waals surface area contributed by atoms with Crippen LogP contribution < -0.4 is 10.1 Å². The fourth-order valence-corrected chi connectivity index (χ4v) is 4.68. The largest absolute Gasteiger partial charge is 0.492 e. The van der Waals surface area contributed by atoms with E-state index in [0.29, 0.717) is 5.75 Å². The quantitative estimate of drug-likeness (QED) is 0.459. The summed E-state index contributed by atoms with van der Waals surface area (Å²) in [7, 11) is -3.75. The van der Waals surface area contributed by atoms with Gasteiger partial charge in [0.1, 0.15) is 18.2 Å². The van der Waals surface area contributed by atoms with Gasteiger partial charge in [0.2, 0.25) is 10.0 Å². The average Bonchev–Trinajstić information content (AvgIpc) is 2.82. The first-order valence-corrected chi connectivity index (χ1v) is 11.9. The van der Waals surface area contributed by atoms with E-state index >= 15 is 0 Å². The molecule has 0 spiro atoms. The Morgan fingerprint density at radius 2 is 1.76 bits per heavy atom. The zero-order chi connectivity index (χ0) is 23.8. The van der Waals surface area contributed by atoms with Crippen LogP contribution in [-0.4, -0.2) is 75.6 Å². The van der Waals surface area contributed by atoms with Crippen LogP contribution in [0.15, 0.2) is 53.4 Å². The van der Waals surface area contributed by atoms with Gasteiger partial charge in [-0.25, -0.2) is 22.4 Å². The van der Waals surface area contributed by atoms with E-state index in [1.54, 1.807) is 13.0 Å². The maximum Gasteiger partial charge on any atom is 0.338 e. The lowest BCUT2D eigenvalue weighted by Crippen LogP contribution is -2.53. The van der Waals surface area contributed by atoms with Crippen LogP contribution in [0.5, 0.6) is 5.75 Å². The predicted octanol–water partition coefficient (Wildman–Crippen LogP) is 2.10. The molecule has 0 unspecified atom stereocenters. The van der Waals surface area contributed by atoms with Crippen LogP contribution in [0.1, 0.15) is 17.3 Å². The van der Waals surface area contributed by atoms with Gasteiger partial charge >= 0.3 is 12.0 Å². The summed E-state index contributed by atoms with van der Waals surface area (Å²) in [4.78, 5) is 25.7. The normalized spacial score (nSPS) is 14.5. The zero-order valence-electron chi connectivity index (χ0n) is 18.2. The predicted molar refractivity (Wildman–Crippen MR) is 118 cm³/mol. The Hall–Kier alpha value is -3.18. The molecule has 9 nitrogen and oxygen atoms in total. The summed E-state index contributed by atoms with van der Waals surface area (Å²) in [6.07, 6.45) is 0. The van der Waals surface area contributed by atoms with E-state index in [-0.39, 0.29) is 62.4 Å². The number of rotatable bonds is 8. The van der Waals surface area contributed by atoms with Crippen LogP contribution in [0.4, 0.5) is 9.18 Å². The van der Waals surface area contributed by atoms with Crippen LogP contribution in [0, 0.1) is 5.82 Å². The van der Waals surface area contributed by atoms with E-state index in [4.69, 9.17) is 9.47 Å². The first-order valence-electron chi connectivity index (χ1n) is 10.5. The molecular formula is C22H26FN3O6S. The van der Waals surface area contributed by atoms with Gasteiger partial charge in [0.05, 0.1) is 23.6 Å². The van der Waals surface area contributed by atoms with Gasteiger partial charge in [0, 0.05) is 32.2 Å². The Balaban J connectivity index is 1.46. The molecule has 2 amide bonds.